The molecule has 0 aliphatic carbocycles. The van der Waals surface area contributed by atoms with E-state index in [0.29, 0.717) is 19.4 Å². The number of piperazine rings is 1. The van der Waals surface area contributed by atoms with Gasteiger partial charge in [-0.15, -0.1) is 0 Å². The third-order valence-corrected chi connectivity index (χ3v) is 5.44. The molecule has 0 unspecified atom stereocenters. The van der Waals surface area contributed by atoms with Crippen LogP contribution < -0.4 is 9.64 Å². The van der Waals surface area contributed by atoms with Gasteiger partial charge in [-0.2, -0.15) is 0 Å². The highest BCUT2D eigenvalue weighted by molar-refractivity contribution is 5.77. The van der Waals surface area contributed by atoms with Crippen LogP contribution in [0.15, 0.2) is 71.1 Å². The van der Waals surface area contributed by atoms with E-state index < -0.39 is 0 Å². The molecule has 1 aliphatic heterocycles. The third-order valence-electron chi connectivity index (χ3n) is 5.44. The molecule has 2 heterocycles. The van der Waals surface area contributed by atoms with Gasteiger partial charge in [-0.25, -0.2) is 0 Å². The maximum atomic E-state index is 12.7. The van der Waals surface area contributed by atoms with Gasteiger partial charge in [-0.1, -0.05) is 42.5 Å². The smallest absolute Gasteiger partial charge is 0.223 e. The minimum Gasteiger partial charge on any atom is -0.492 e. The van der Waals surface area contributed by atoms with Gasteiger partial charge < -0.3 is 19.0 Å². The summed E-state index contributed by atoms with van der Waals surface area (Å²) in [7, 11) is 0. The van der Waals surface area contributed by atoms with Gasteiger partial charge in [-0.3, -0.25) is 4.79 Å². The number of anilines is 1. The van der Waals surface area contributed by atoms with Gasteiger partial charge in [0.15, 0.2) is 0 Å². The Bertz CT molecular complexity index is 959. The highest BCUT2D eigenvalue weighted by Crippen LogP contribution is 2.29. The van der Waals surface area contributed by atoms with Crippen LogP contribution in [0.3, 0.4) is 0 Å². The molecule has 4 rings (SSSR count). The summed E-state index contributed by atoms with van der Waals surface area (Å²) in [6.45, 7) is 5.73. The molecule has 3 aromatic rings. The van der Waals surface area contributed by atoms with Crippen LogP contribution in [0.2, 0.25) is 0 Å². The first-order valence-electron chi connectivity index (χ1n) is 10.6. The average molecular weight is 405 g/mol. The summed E-state index contributed by atoms with van der Waals surface area (Å²) in [4.78, 5) is 17.0. The van der Waals surface area contributed by atoms with Crippen LogP contribution in [-0.2, 0) is 11.2 Å². The van der Waals surface area contributed by atoms with Crippen LogP contribution in [0, 0.1) is 0 Å². The average Bonchev–Trinajstić information content (AvgIpc) is 3.28. The molecule has 0 bridgehead atoms. The standard InChI is InChI=1S/C25H28N2O3/c1-2-29-24-11-7-6-10-22(24)26-16-18-27(19-17-26)25(28)15-13-21-12-14-23(30-21)20-8-4-3-5-9-20/h3-12,14H,2,13,15-19H2,1H3. The Morgan fingerprint density at radius 2 is 1.67 bits per heavy atom. The van der Waals surface area contributed by atoms with Gasteiger partial charge in [0.2, 0.25) is 5.91 Å². The molecule has 5 heteroatoms. The van der Waals surface area contributed by atoms with E-state index in [9.17, 15) is 4.79 Å². The number of para-hydroxylation sites is 2. The summed E-state index contributed by atoms with van der Waals surface area (Å²) in [5.74, 6) is 2.79. The second-order valence-corrected chi connectivity index (χ2v) is 7.40. The SMILES string of the molecule is CCOc1ccccc1N1CCN(C(=O)CCc2ccc(-c3ccccc3)o2)CC1. The molecule has 0 N–H and O–H groups in total. The Labute approximate surface area is 177 Å². The topological polar surface area (TPSA) is 45.9 Å². The largest absolute Gasteiger partial charge is 0.492 e. The number of hydrogen-bond donors (Lipinski definition) is 0. The predicted octanol–water partition coefficient (Wildman–Crippen LogP) is 4.63. The van der Waals surface area contributed by atoms with E-state index in [1.54, 1.807) is 0 Å². The molecule has 2 aromatic carbocycles. The van der Waals surface area contributed by atoms with Crippen molar-refractivity contribution in [3.05, 3.63) is 72.5 Å². The summed E-state index contributed by atoms with van der Waals surface area (Å²) >= 11 is 0. The molecule has 5 nitrogen and oxygen atoms in total. The summed E-state index contributed by atoms with van der Waals surface area (Å²) in [6, 6.07) is 22.1. The van der Waals surface area contributed by atoms with Crippen LogP contribution in [-0.4, -0.2) is 43.6 Å². The normalized spacial score (nSPS) is 14.0. The number of furan rings is 1. The number of carbonyl (C=O) groups excluding carboxylic acids is 1. The van der Waals surface area contributed by atoms with Gasteiger partial charge in [-0.05, 0) is 31.2 Å². The lowest BCUT2D eigenvalue weighted by Crippen LogP contribution is -2.49. The molecule has 0 atom stereocenters. The van der Waals surface area contributed by atoms with Crippen molar-refractivity contribution in [3.63, 3.8) is 0 Å². The van der Waals surface area contributed by atoms with Gasteiger partial charge >= 0.3 is 0 Å². The molecular formula is C25H28N2O3. The van der Waals surface area contributed by atoms with E-state index in [-0.39, 0.29) is 5.91 Å². The lowest BCUT2D eigenvalue weighted by atomic mass is 10.2. The number of benzene rings is 2. The van der Waals surface area contributed by atoms with E-state index in [1.165, 1.54) is 0 Å². The third kappa shape index (κ3) is 4.67. The number of amides is 1. The fraction of sp³-hybridized carbons (Fsp3) is 0.320. The van der Waals surface area contributed by atoms with Crippen molar-refractivity contribution in [2.24, 2.45) is 0 Å². The molecule has 0 radical (unpaired) electrons. The zero-order chi connectivity index (χ0) is 20.8. The van der Waals surface area contributed by atoms with E-state index in [0.717, 1.165) is 54.7 Å². The first kappa shape index (κ1) is 20.1. The number of hydrogen-bond acceptors (Lipinski definition) is 4. The van der Waals surface area contributed by atoms with Crippen molar-refractivity contribution in [1.82, 2.24) is 4.90 Å². The summed E-state index contributed by atoms with van der Waals surface area (Å²) in [6.07, 6.45) is 1.09. The van der Waals surface area contributed by atoms with Gasteiger partial charge in [0.05, 0.1) is 12.3 Å². The highest BCUT2D eigenvalue weighted by atomic mass is 16.5. The van der Waals surface area contributed by atoms with Gasteiger partial charge in [0.25, 0.3) is 0 Å². The Morgan fingerprint density at radius 3 is 2.43 bits per heavy atom. The van der Waals surface area contributed by atoms with Crippen LogP contribution in [0.25, 0.3) is 11.3 Å². The Hall–Kier alpha value is -3.21. The summed E-state index contributed by atoms with van der Waals surface area (Å²) < 4.78 is 11.7. The summed E-state index contributed by atoms with van der Waals surface area (Å²) in [5, 5.41) is 0. The van der Waals surface area contributed by atoms with Gasteiger partial charge in [0.1, 0.15) is 17.3 Å². The number of aryl methyl sites for hydroxylation is 1. The fourth-order valence-electron chi connectivity index (χ4n) is 3.85. The first-order chi connectivity index (χ1) is 14.7. The molecule has 1 amide bonds. The highest BCUT2D eigenvalue weighted by Gasteiger charge is 2.23. The number of carbonyl (C=O) groups is 1. The predicted molar refractivity (Wildman–Crippen MR) is 119 cm³/mol. The second-order valence-electron chi connectivity index (χ2n) is 7.40. The molecular weight excluding hydrogens is 376 g/mol. The van der Waals surface area contributed by atoms with Crippen molar-refractivity contribution in [3.8, 4) is 17.1 Å². The molecule has 1 saturated heterocycles. The van der Waals surface area contributed by atoms with Crippen molar-refractivity contribution in [2.75, 3.05) is 37.7 Å². The Kier molecular flexibility index (Phi) is 6.38. The monoisotopic (exact) mass is 404 g/mol. The van der Waals surface area contributed by atoms with Crippen LogP contribution in [0.5, 0.6) is 5.75 Å². The second kappa shape index (κ2) is 9.53. The zero-order valence-corrected chi connectivity index (χ0v) is 17.4. The molecule has 1 aliphatic rings. The Balaban J connectivity index is 1.29. The fourth-order valence-corrected chi connectivity index (χ4v) is 3.85. The molecule has 0 spiro atoms. The number of rotatable bonds is 7. The van der Waals surface area contributed by atoms with Gasteiger partial charge in [0, 0.05) is 44.6 Å². The maximum absolute atomic E-state index is 12.7. The van der Waals surface area contributed by atoms with E-state index in [4.69, 9.17) is 9.15 Å². The first-order valence-corrected chi connectivity index (χ1v) is 10.6. The van der Waals surface area contributed by atoms with Crippen molar-refractivity contribution in [1.29, 1.82) is 0 Å². The van der Waals surface area contributed by atoms with E-state index in [1.807, 2.05) is 72.5 Å². The molecule has 1 aromatic heterocycles. The zero-order valence-electron chi connectivity index (χ0n) is 17.4. The molecule has 30 heavy (non-hydrogen) atoms. The number of nitrogens with zero attached hydrogens (tertiary/aromatic N) is 2. The maximum Gasteiger partial charge on any atom is 0.223 e. The minimum absolute atomic E-state index is 0.186. The van der Waals surface area contributed by atoms with Crippen LogP contribution in [0.4, 0.5) is 5.69 Å². The van der Waals surface area contributed by atoms with Crippen LogP contribution >= 0.6 is 0 Å². The lowest BCUT2D eigenvalue weighted by Gasteiger charge is -2.36. The lowest BCUT2D eigenvalue weighted by molar-refractivity contribution is -0.131. The van der Waals surface area contributed by atoms with Crippen LogP contribution in [0.1, 0.15) is 19.1 Å². The summed E-state index contributed by atoms with van der Waals surface area (Å²) in [5.41, 5.74) is 2.16. The van der Waals surface area contributed by atoms with Crippen molar-refractivity contribution < 1.29 is 13.9 Å². The van der Waals surface area contributed by atoms with Crippen molar-refractivity contribution in [2.45, 2.75) is 19.8 Å². The van der Waals surface area contributed by atoms with E-state index >= 15 is 0 Å². The Morgan fingerprint density at radius 1 is 0.933 bits per heavy atom. The van der Waals surface area contributed by atoms with E-state index in [2.05, 4.69) is 11.0 Å². The molecule has 0 saturated carbocycles. The molecule has 156 valence electrons. The minimum atomic E-state index is 0.186. The van der Waals surface area contributed by atoms with Crippen molar-refractivity contribution >= 4 is 11.6 Å². The molecule has 1 fully saturated rings. The quantitative estimate of drug-likeness (QED) is 0.576. The number of ether oxygens (including phenoxy) is 1.